The number of nitrogens with two attached hydrogens (primary N) is 1. The number of hydrogen-bond acceptors (Lipinski definition) is 3. The van der Waals surface area contributed by atoms with Gasteiger partial charge in [-0.05, 0) is 43.0 Å². The molecule has 23 heavy (non-hydrogen) atoms. The number of likely N-dealkylation sites (tertiary alicyclic amines) is 1. The molecule has 1 aliphatic rings. The monoisotopic (exact) mass is 471 g/mol. The number of guanidine groups is 1. The van der Waals surface area contributed by atoms with E-state index in [0.29, 0.717) is 16.9 Å². The molecule has 5 nitrogen and oxygen atoms in total. The molecule has 1 aromatic carbocycles. The summed E-state index contributed by atoms with van der Waals surface area (Å²) in [6.45, 7) is 4.17. The summed E-state index contributed by atoms with van der Waals surface area (Å²) in [6.07, 6.45) is 2.19. The number of sulfone groups is 1. The van der Waals surface area contributed by atoms with E-state index in [-0.39, 0.29) is 41.2 Å². The number of benzene rings is 1. The van der Waals surface area contributed by atoms with Crippen molar-refractivity contribution in [2.75, 3.05) is 25.4 Å². The highest BCUT2D eigenvalue weighted by atomic mass is 127. The van der Waals surface area contributed by atoms with Crippen LogP contribution in [0, 0.1) is 5.92 Å². The Labute approximate surface area is 160 Å². The summed E-state index contributed by atoms with van der Waals surface area (Å²) in [5, 5.41) is 0.514. The standard InChI is InChI=1S/C15H22ClN3O2S.HI/c1-12-6-9-19(10-7-12)15(17)18-8-11-22(20,21)14-4-2-13(16)3-5-14;/h2-5,12H,6-11H2,1H3,(H2,17,18);1H. The molecule has 0 amide bonds. The Hall–Kier alpha value is -0.540. The minimum Gasteiger partial charge on any atom is -0.370 e. The minimum absolute atomic E-state index is 0. The van der Waals surface area contributed by atoms with Crippen molar-refractivity contribution < 1.29 is 8.42 Å². The Balaban J connectivity index is 0.00000264. The van der Waals surface area contributed by atoms with Crippen LogP contribution in [0.15, 0.2) is 34.2 Å². The third kappa shape index (κ3) is 6.11. The Morgan fingerprint density at radius 1 is 1.30 bits per heavy atom. The molecule has 1 aromatic rings. The summed E-state index contributed by atoms with van der Waals surface area (Å²) >= 11 is 5.77. The van der Waals surface area contributed by atoms with Crippen molar-refractivity contribution in [1.29, 1.82) is 0 Å². The van der Waals surface area contributed by atoms with E-state index >= 15 is 0 Å². The second-order valence-electron chi connectivity index (χ2n) is 5.68. The molecule has 0 saturated carbocycles. The molecule has 1 aliphatic heterocycles. The van der Waals surface area contributed by atoms with E-state index in [1.807, 2.05) is 4.90 Å². The Morgan fingerprint density at radius 3 is 2.43 bits per heavy atom. The Kier molecular flexibility index (Phi) is 8.09. The van der Waals surface area contributed by atoms with E-state index in [0.717, 1.165) is 25.9 Å². The summed E-state index contributed by atoms with van der Waals surface area (Å²) in [4.78, 5) is 6.50. The van der Waals surface area contributed by atoms with E-state index in [1.54, 1.807) is 12.1 Å². The average molecular weight is 472 g/mol. The highest BCUT2D eigenvalue weighted by molar-refractivity contribution is 14.0. The maximum Gasteiger partial charge on any atom is 0.191 e. The molecule has 0 spiro atoms. The maximum atomic E-state index is 12.2. The Morgan fingerprint density at radius 2 is 1.87 bits per heavy atom. The number of aliphatic imine (C=N–C) groups is 1. The van der Waals surface area contributed by atoms with Gasteiger partial charge in [0.1, 0.15) is 0 Å². The van der Waals surface area contributed by atoms with E-state index in [4.69, 9.17) is 17.3 Å². The molecule has 8 heteroatoms. The fourth-order valence-corrected chi connectivity index (χ4v) is 3.62. The lowest BCUT2D eigenvalue weighted by molar-refractivity contribution is 0.278. The lowest BCUT2D eigenvalue weighted by Crippen LogP contribution is -2.42. The van der Waals surface area contributed by atoms with Gasteiger partial charge < -0.3 is 10.6 Å². The molecule has 0 radical (unpaired) electrons. The van der Waals surface area contributed by atoms with Gasteiger partial charge in [-0.2, -0.15) is 0 Å². The zero-order valence-corrected chi connectivity index (χ0v) is 17.0. The van der Waals surface area contributed by atoms with Crippen LogP contribution in [0.5, 0.6) is 0 Å². The van der Waals surface area contributed by atoms with Crippen molar-refractivity contribution >= 4 is 51.4 Å². The van der Waals surface area contributed by atoms with E-state index in [2.05, 4.69) is 11.9 Å². The summed E-state index contributed by atoms with van der Waals surface area (Å²) < 4.78 is 24.4. The largest absolute Gasteiger partial charge is 0.370 e. The lowest BCUT2D eigenvalue weighted by Gasteiger charge is -2.31. The van der Waals surface area contributed by atoms with Crippen molar-refractivity contribution in [2.24, 2.45) is 16.6 Å². The topological polar surface area (TPSA) is 75.8 Å². The van der Waals surface area contributed by atoms with E-state index in [9.17, 15) is 8.42 Å². The number of rotatable bonds is 4. The SMILES string of the molecule is CC1CCN(C(N)=NCCS(=O)(=O)c2ccc(Cl)cc2)CC1.I. The van der Waals surface area contributed by atoms with Gasteiger partial charge in [-0.25, -0.2) is 8.42 Å². The predicted octanol–water partition coefficient (Wildman–Crippen LogP) is 2.78. The van der Waals surface area contributed by atoms with Gasteiger partial charge in [-0.1, -0.05) is 18.5 Å². The van der Waals surface area contributed by atoms with Crippen LogP contribution in [0.1, 0.15) is 19.8 Å². The maximum absolute atomic E-state index is 12.2. The quantitative estimate of drug-likeness (QED) is 0.416. The molecular weight excluding hydrogens is 449 g/mol. The molecular formula is C15H23ClIN3O2S. The second kappa shape index (κ2) is 9.08. The van der Waals surface area contributed by atoms with Crippen LogP contribution in [-0.2, 0) is 9.84 Å². The first-order valence-corrected chi connectivity index (χ1v) is 9.45. The van der Waals surface area contributed by atoms with Crippen LogP contribution in [0.3, 0.4) is 0 Å². The van der Waals surface area contributed by atoms with Crippen molar-refractivity contribution in [3.63, 3.8) is 0 Å². The third-order valence-corrected chi connectivity index (χ3v) is 5.88. The van der Waals surface area contributed by atoms with E-state index < -0.39 is 9.84 Å². The van der Waals surface area contributed by atoms with Crippen LogP contribution in [0.2, 0.25) is 5.02 Å². The van der Waals surface area contributed by atoms with E-state index in [1.165, 1.54) is 12.1 Å². The van der Waals surface area contributed by atoms with Gasteiger partial charge in [0.15, 0.2) is 15.8 Å². The molecule has 0 bridgehead atoms. The lowest BCUT2D eigenvalue weighted by atomic mass is 10.00. The first-order valence-electron chi connectivity index (χ1n) is 7.41. The minimum atomic E-state index is -3.35. The Bertz CT molecular complexity index is 627. The fraction of sp³-hybridized carbons (Fsp3) is 0.533. The molecule has 0 atom stereocenters. The summed E-state index contributed by atoms with van der Waals surface area (Å²) in [6, 6.07) is 6.16. The van der Waals surface area contributed by atoms with Crippen LogP contribution in [-0.4, -0.2) is 44.7 Å². The highest BCUT2D eigenvalue weighted by Crippen LogP contribution is 2.16. The molecule has 2 N–H and O–H groups in total. The van der Waals surface area contributed by atoms with Gasteiger partial charge in [0.2, 0.25) is 0 Å². The van der Waals surface area contributed by atoms with Crippen molar-refractivity contribution in [3.8, 4) is 0 Å². The summed E-state index contributed by atoms with van der Waals surface area (Å²) in [5.41, 5.74) is 5.95. The molecule has 1 heterocycles. The number of halogens is 2. The molecule has 0 aromatic heterocycles. The third-order valence-electron chi connectivity index (χ3n) is 3.91. The fourth-order valence-electron chi connectivity index (χ4n) is 2.38. The van der Waals surface area contributed by atoms with Crippen LogP contribution >= 0.6 is 35.6 Å². The molecule has 1 saturated heterocycles. The van der Waals surface area contributed by atoms with Crippen molar-refractivity contribution in [2.45, 2.75) is 24.7 Å². The highest BCUT2D eigenvalue weighted by Gasteiger charge is 2.18. The summed E-state index contributed by atoms with van der Waals surface area (Å²) in [5.74, 6) is 1.10. The van der Waals surface area contributed by atoms with Crippen LogP contribution in [0.25, 0.3) is 0 Å². The number of nitrogens with zero attached hydrogens (tertiary/aromatic N) is 2. The molecule has 130 valence electrons. The van der Waals surface area contributed by atoms with Crippen molar-refractivity contribution in [3.05, 3.63) is 29.3 Å². The van der Waals surface area contributed by atoms with Gasteiger partial charge in [-0.3, -0.25) is 4.99 Å². The average Bonchev–Trinajstić information content (AvgIpc) is 2.48. The smallest absolute Gasteiger partial charge is 0.191 e. The van der Waals surface area contributed by atoms with Gasteiger partial charge in [0, 0.05) is 18.1 Å². The normalized spacial score (nSPS) is 17.0. The van der Waals surface area contributed by atoms with Gasteiger partial charge in [0.05, 0.1) is 17.2 Å². The summed E-state index contributed by atoms with van der Waals surface area (Å²) in [7, 11) is -3.35. The van der Waals surface area contributed by atoms with Crippen LogP contribution in [0.4, 0.5) is 0 Å². The molecule has 1 fully saturated rings. The first-order chi connectivity index (χ1) is 10.4. The zero-order chi connectivity index (χ0) is 16.2. The number of piperidine rings is 1. The van der Waals surface area contributed by atoms with Crippen molar-refractivity contribution in [1.82, 2.24) is 4.90 Å². The molecule has 2 rings (SSSR count). The second-order valence-corrected chi connectivity index (χ2v) is 8.23. The van der Waals surface area contributed by atoms with Gasteiger partial charge in [-0.15, -0.1) is 24.0 Å². The molecule has 0 aliphatic carbocycles. The zero-order valence-electron chi connectivity index (χ0n) is 13.1. The van der Waals surface area contributed by atoms with Gasteiger partial charge in [0.25, 0.3) is 0 Å². The number of hydrogen-bond donors (Lipinski definition) is 1. The molecule has 0 unspecified atom stereocenters. The first kappa shape index (κ1) is 20.5. The predicted molar refractivity (Wildman–Crippen MR) is 105 cm³/mol. The van der Waals surface area contributed by atoms with Gasteiger partial charge >= 0.3 is 0 Å². The van der Waals surface area contributed by atoms with Crippen LogP contribution < -0.4 is 5.73 Å².